The Bertz CT molecular complexity index is 1040. The molecule has 130 valence electrons. The van der Waals surface area contributed by atoms with Gasteiger partial charge in [-0.3, -0.25) is 9.09 Å². The summed E-state index contributed by atoms with van der Waals surface area (Å²) >= 11 is 1.50. The number of rotatable bonds is 6. The molecule has 7 heteroatoms. The fourth-order valence-corrected chi connectivity index (χ4v) is 3.21. The molecule has 0 fully saturated rings. The van der Waals surface area contributed by atoms with E-state index in [1.165, 1.54) is 15.9 Å². The van der Waals surface area contributed by atoms with Gasteiger partial charge in [-0.25, -0.2) is 9.78 Å². The van der Waals surface area contributed by atoms with Gasteiger partial charge >= 0.3 is 5.76 Å². The zero-order valence-corrected chi connectivity index (χ0v) is 14.6. The van der Waals surface area contributed by atoms with Crippen LogP contribution in [-0.4, -0.2) is 14.7 Å². The van der Waals surface area contributed by atoms with Gasteiger partial charge in [-0.2, -0.15) is 0 Å². The molecule has 4 aromatic rings. The smallest absolute Gasteiger partial charge is 0.442 e. The van der Waals surface area contributed by atoms with Gasteiger partial charge in [0.25, 0.3) is 0 Å². The van der Waals surface area contributed by atoms with Crippen molar-refractivity contribution in [3.8, 4) is 17.1 Å². The average molecular weight is 365 g/mol. The monoisotopic (exact) mass is 365 g/mol. The Balaban J connectivity index is 1.50. The van der Waals surface area contributed by atoms with Gasteiger partial charge in [-0.15, -0.1) is 11.3 Å². The third-order valence-electron chi connectivity index (χ3n) is 3.74. The minimum Gasteiger partial charge on any atom is -0.486 e. The molecule has 0 N–H and O–H groups in total. The molecule has 0 aliphatic carbocycles. The topological polar surface area (TPSA) is 70.2 Å². The highest BCUT2D eigenvalue weighted by Crippen LogP contribution is 2.18. The van der Waals surface area contributed by atoms with Crippen LogP contribution in [0.2, 0.25) is 0 Å². The van der Waals surface area contributed by atoms with Crippen molar-refractivity contribution >= 4 is 11.3 Å². The van der Waals surface area contributed by atoms with Crippen LogP contribution >= 0.6 is 11.3 Å². The summed E-state index contributed by atoms with van der Waals surface area (Å²) in [6, 6.07) is 19.0. The van der Waals surface area contributed by atoms with E-state index in [0.717, 1.165) is 22.0 Å². The zero-order chi connectivity index (χ0) is 17.8. The molecule has 2 aromatic carbocycles. The summed E-state index contributed by atoms with van der Waals surface area (Å²) in [5, 5.41) is 6.65. The first-order valence-corrected chi connectivity index (χ1v) is 8.90. The summed E-state index contributed by atoms with van der Waals surface area (Å²) in [4.78, 5) is 16.6. The van der Waals surface area contributed by atoms with Crippen LogP contribution in [0, 0.1) is 0 Å². The summed E-state index contributed by atoms with van der Waals surface area (Å²) in [6.45, 7) is 0.688. The lowest BCUT2D eigenvalue weighted by molar-refractivity contribution is 0.305. The number of ether oxygens (including phenoxy) is 1. The van der Waals surface area contributed by atoms with Crippen molar-refractivity contribution in [1.82, 2.24) is 14.7 Å². The fraction of sp³-hybridized carbons (Fsp3) is 0.105. The number of hydrogen-bond donors (Lipinski definition) is 0. The Morgan fingerprint density at radius 2 is 1.77 bits per heavy atom. The summed E-state index contributed by atoms with van der Waals surface area (Å²) in [5.74, 6) is 0.787. The molecule has 26 heavy (non-hydrogen) atoms. The highest BCUT2D eigenvalue weighted by atomic mass is 32.1. The second kappa shape index (κ2) is 7.37. The van der Waals surface area contributed by atoms with Crippen LogP contribution in [0.4, 0.5) is 0 Å². The first-order valence-electron chi connectivity index (χ1n) is 8.02. The summed E-state index contributed by atoms with van der Waals surface area (Å²) in [6.07, 6.45) is 0. The van der Waals surface area contributed by atoms with Crippen molar-refractivity contribution in [2.24, 2.45) is 0 Å². The van der Waals surface area contributed by atoms with Crippen molar-refractivity contribution < 1.29 is 9.26 Å². The Kier molecular flexibility index (Phi) is 4.61. The molecular weight excluding hydrogens is 350 g/mol. The predicted molar refractivity (Wildman–Crippen MR) is 98.2 cm³/mol. The van der Waals surface area contributed by atoms with E-state index in [4.69, 9.17) is 9.26 Å². The molecule has 0 atom stereocenters. The highest BCUT2D eigenvalue weighted by molar-refractivity contribution is 7.09. The second-order valence-electron chi connectivity index (χ2n) is 5.56. The molecule has 0 radical (unpaired) electrons. The Hall–Kier alpha value is -3.19. The highest BCUT2D eigenvalue weighted by Gasteiger charge is 2.14. The second-order valence-corrected chi connectivity index (χ2v) is 6.50. The quantitative estimate of drug-likeness (QED) is 0.522. The third kappa shape index (κ3) is 3.57. The van der Waals surface area contributed by atoms with Crippen LogP contribution in [-0.2, 0) is 13.2 Å². The maximum absolute atomic E-state index is 12.0. The molecule has 4 rings (SSSR count). The molecule has 2 heterocycles. The first-order chi connectivity index (χ1) is 12.8. The van der Waals surface area contributed by atoms with Crippen LogP contribution < -0.4 is 10.5 Å². The number of para-hydroxylation sites is 1. The molecule has 0 spiro atoms. The van der Waals surface area contributed by atoms with Crippen molar-refractivity contribution in [2.75, 3.05) is 0 Å². The molecule has 0 aliphatic rings. The van der Waals surface area contributed by atoms with Gasteiger partial charge in [0, 0.05) is 10.9 Å². The van der Waals surface area contributed by atoms with Gasteiger partial charge in [-0.1, -0.05) is 53.7 Å². The van der Waals surface area contributed by atoms with E-state index in [-0.39, 0.29) is 0 Å². The van der Waals surface area contributed by atoms with Gasteiger partial charge < -0.3 is 4.74 Å². The molecule has 0 amide bonds. The first kappa shape index (κ1) is 16.3. The molecule has 0 aliphatic heterocycles. The maximum atomic E-state index is 12.0. The minimum absolute atomic E-state index is 0.300. The lowest BCUT2D eigenvalue weighted by Gasteiger charge is -2.03. The van der Waals surface area contributed by atoms with Crippen molar-refractivity contribution in [3.05, 3.63) is 87.3 Å². The summed E-state index contributed by atoms with van der Waals surface area (Å²) in [7, 11) is 0. The molecule has 0 unspecified atom stereocenters. The zero-order valence-electron chi connectivity index (χ0n) is 13.7. The number of benzene rings is 2. The van der Waals surface area contributed by atoms with E-state index < -0.39 is 5.76 Å². The van der Waals surface area contributed by atoms with E-state index in [1.54, 1.807) is 0 Å². The van der Waals surface area contributed by atoms with Crippen molar-refractivity contribution in [2.45, 2.75) is 13.2 Å². The lowest BCUT2D eigenvalue weighted by atomic mass is 10.2. The molecule has 0 bridgehead atoms. The Labute approximate surface area is 153 Å². The lowest BCUT2D eigenvalue weighted by Crippen LogP contribution is -2.16. The average Bonchev–Trinajstić information content (AvgIpc) is 3.29. The van der Waals surface area contributed by atoms with Gasteiger partial charge in [0.15, 0.2) is 5.82 Å². The van der Waals surface area contributed by atoms with E-state index in [0.29, 0.717) is 19.0 Å². The molecular formula is C19H15N3O3S. The van der Waals surface area contributed by atoms with E-state index in [2.05, 4.69) is 10.1 Å². The predicted octanol–water partition coefficient (Wildman–Crippen LogP) is 3.59. The van der Waals surface area contributed by atoms with Crippen LogP contribution in [0.3, 0.4) is 0 Å². The van der Waals surface area contributed by atoms with Crippen LogP contribution in [0.15, 0.2) is 75.4 Å². The van der Waals surface area contributed by atoms with Crippen LogP contribution in [0.5, 0.6) is 5.75 Å². The summed E-state index contributed by atoms with van der Waals surface area (Å²) in [5.41, 5.74) is 1.59. The van der Waals surface area contributed by atoms with Gasteiger partial charge in [-0.05, 0) is 12.1 Å². The normalized spacial score (nSPS) is 10.8. The van der Waals surface area contributed by atoms with E-state index in [9.17, 15) is 4.79 Å². The van der Waals surface area contributed by atoms with Crippen LogP contribution in [0.25, 0.3) is 11.4 Å². The van der Waals surface area contributed by atoms with Crippen molar-refractivity contribution in [3.63, 3.8) is 0 Å². The number of hydrogen-bond acceptors (Lipinski definition) is 6. The molecule has 0 saturated heterocycles. The largest absolute Gasteiger partial charge is 0.486 e. The van der Waals surface area contributed by atoms with Gasteiger partial charge in [0.1, 0.15) is 17.4 Å². The third-order valence-corrected chi connectivity index (χ3v) is 4.61. The standard InChI is InChI=1S/C19H15N3O3S/c23-19-22(18(21-25-19)14-7-3-1-4-8-14)11-15-13-26-17(20-15)12-24-16-9-5-2-6-10-16/h1-10,13H,11-12H2. The molecule has 6 nitrogen and oxygen atoms in total. The molecule has 2 aromatic heterocycles. The summed E-state index contributed by atoms with van der Waals surface area (Å²) < 4.78 is 12.0. The minimum atomic E-state index is -0.501. The van der Waals surface area contributed by atoms with Crippen LogP contribution in [0.1, 0.15) is 10.7 Å². The number of aromatic nitrogens is 3. The number of thiazole rings is 1. The SMILES string of the molecule is O=c1onc(-c2ccccc2)n1Cc1csc(COc2ccccc2)n1. The van der Waals surface area contributed by atoms with E-state index in [1.807, 2.05) is 66.0 Å². The fourth-order valence-electron chi connectivity index (χ4n) is 2.51. The van der Waals surface area contributed by atoms with Gasteiger partial charge in [0.05, 0.1) is 12.2 Å². The Morgan fingerprint density at radius 3 is 2.54 bits per heavy atom. The maximum Gasteiger partial charge on any atom is 0.442 e. The van der Waals surface area contributed by atoms with Crippen molar-refractivity contribution in [1.29, 1.82) is 0 Å². The van der Waals surface area contributed by atoms with E-state index >= 15 is 0 Å². The number of nitrogens with zero attached hydrogens (tertiary/aromatic N) is 3. The van der Waals surface area contributed by atoms with Gasteiger partial charge in [0.2, 0.25) is 0 Å². The Morgan fingerprint density at radius 1 is 1.04 bits per heavy atom. The molecule has 0 saturated carbocycles.